The Morgan fingerprint density at radius 1 is 1.47 bits per heavy atom. The van der Waals surface area contributed by atoms with Crippen molar-refractivity contribution in [1.29, 1.82) is 0 Å². The topological polar surface area (TPSA) is 38.3 Å². The van der Waals surface area contributed by atoms with Gasteiger partial charge in [0.1, 0.15) is 5.75 Å². The molecule has 1 rings (SSSR count). The van der Waals surface area contributed by atoms with Crippen LogP contribution < -0.4 is 10.1 Å². The van der Waals surface area contributed by atoms with Crippen LogP contribution in [-0.2, 0) is 11.2 Å². The molecule has 0 bridgehead atoms. The first-order chi connectivity index (χ1) is 9.03. The predicted octanol–water partition coefficient (Wildman–Crippen LogP) is 3.15. The molecule has 1 N–H and O–H groups in total. The minimum atomic E-state index is -0.225. The minimum absolute atomic E-state index is 0.0164. The summed E-state index contributed by atoms with van der Waals surface area (Å²) in [6.45, 7) is 4.08. The Morgan fingerprint density at radius 2 is 2.21 bits per heavy atom. The first kappa shape index (κ1) is 15.8. The van der Waals surface area contributed by atoms with Crippen molar-refractivity contribution < 1.29 is 9.53 Å². The molecule has 0 aliphatic rings. The lowest BCUT2D eigenvalue weighted by Crippen LogP contribution is -2.46. The second-order valence-corrected chi connectivity index (χ2v) is 5.31. The van der Waals surface area contributed by atoms with E-state index >= 15 is 0 Å². The summed E-state index contributed by atoms with van der Waals surface area (Å²) in [6.07, 6.45) is 1.99. The SMILES string of the molecule is CCC(C)(CCCl)NC(=O)Cc1cccc(OC)c1. The molecule has 1 aromatic rings. The summed E-state index contributed by atoms with van der Waals surface area (Å²) in [5.74, 6) is 1.33. The number of hydrogen-bond donors (Lipinski definition) is 1. The van der Waals surface area contributed by atoms with E-state index in [-0.39, 0.29) is 11.4 Å². The highest BCUT2D eigenvalue weighted by atomic mass is 35.5. The lowest BCUT2D eigenvalue weighted by molar-refractivity contribution is -0.122. The van der Waals surface area contributed by atoms with Crippen molar-refractivity contribution in [3.63, 3.8) is 0 Å². The summed E-state index contributed by atoms with van der Waals surface area (Å²) < 4.78 is 5.15. The van der Waals surface area contributed by atoms with Gasteiger partial charge in [0.25, 0.3) is 0 Å². The minimum Gasteiger partial charge on any atom is -0.497 e. The Bertz CT molecular complexity index is 422. The number of amides is 1. The molecule has 3 nitrogen and oxygen atoms in total. The molecule has 0 spiro atoms. The molecule has 19 heavy (non-hydrogen) atoms. The fourth-order valence-electron chi connectivity index (χ4n) is 1.88. The fourth-order valence-corrected chi connectivity index (χ4v) is 2.30. The van der Waals surface area contributed by atoms with Gasteiger partial charge in [0.2, 0.25) is 5.91 Å². The van der Waals surface area contributed by atoms with E-state index in [9.17, 15) is 4.79 Å². The van der Waals surface area contributed by atoms with E-state index in [1.807, 2.05) is 31.2 Å². The van der Waals surface area contributed by atoms with Gasteiger partial charge in [-0.15, -0.1) is 11.6 Å². The van der Waals surface area contributed by atoms with Gasteiger partial charge in [0.15, 0.2) is 0 Å². The van der Waals surface area contributed by atoms with E-state index < -0.39 is 0 Å². The second kappa shape index (κ2) is 7.39. The van der Waals surface area contributed by atoms with E-state index in [4.69, 9.17) is 16.3 Å². The van der Waals surface area contributed by atoms with Crippen molar-refractivity contribution in [2.45, 2.75) is 38.6 Å². The molecule has 0 heterocycles. The van der Waals surface area contributed by atoms with Crippen LogP contribution in [0.25, 0.3) is 0 Å². The van der Waals surface area contributed by atoms with Crippen molar-refractivity contribution >= 4 is 17.5 Å². The predicted molar refractivity (Wildman–Crippen MR) is 78.9 cm³/mol. The van der Waals surface area contributed by atoms with Gasteiger partial charge in [-0.05, 0) is 37.5 Å². The Balaban J connectivity index is 2.63. The molecular weight excluding hydrogens is 262 g/mol. The van der Waals surface area contributed by atoms with Crippen LogP contribution in [0.2, 0.25) is 0 Å². The second-order valence-electron chi connectivity index (χ2n) is 4.93. The van der Waals surface area contributed by atoms with Crippen molar-refractivity contribution in [1.82, 2.24) is 5.32 Å². The maximum absolute atomic E-state index is 12.1. The highest BCUT2D eigenvalue weighted by Gasteiger charge is 2.23. The Morgan fingerprint density at radius 3 is 2.79 bits per heavy atom. The zero-order chi connectivity index (χ0) is 14.3. The molecule has 1 aromatic carbocycles. The van der Waals surface area contributed by atoms with Crippen LogP contribution in [0.1, 0.15) is 32.3 Å². The van der Waals surface area contributed by atoms with Crippen LogP contribution in [0.15, 0.2) is 24.3 Å². The molecule has 0 saturated carbocycles. The smallest absolute Gasteiger partial charge is 0.224 e. The highest BCUT2D eigenvalue weighted by Crippen LogP contribution is 2.17. The zero-order valence-electron chi connectivity index (χ0n) is 11.8. The number of halogens is 1. The molecule has 1 atom stereocenters. The third-order valence-corrected chi connectivity index (χ3v) is 3.56. The molecule has 0 aliphatic heterocycles. The maximum Gasteiger partial charge on any atom is 0.224 e. The van der Waals surface area contributed by atoms with Crippen LogP contribution in [0.4, 0.5) is 0 Å². The number of rotatable bonds is 7. The normalized spacial score (nSPS) is 13.7. The number of methoxy groups -OCH3 is 1. The third-order valence-electron chi connectivity index (χ3n) is 3.37. The summed E-state index contributed by atoms with van der Waals surface area (Å²) in [5.41, 5.74) is 0.721. The molecule has 4 heteroatoms. The van der Waals surface area contributed by atoms with Gasteiger partial charge in [-0.1, -0.05) is 19.1 Å². The summed E-state index contributed by atoms with van der Waals surface area (Å²) in [7, 11) is 1.62. The highest BCUT2D eigenvalue weighted by molar-refractivity contribution is 6.17. The van der Waals surface area contributed by atoms with E-state index in [1.165, 1.54) is 0 Å². The van der Waals surface area contributed by atoms with E-state index in [1.54, 1.807) is 7.11 Å². The molecule has 0 saturated heterocycles. The fraction of sp³-hybridized carbons (Fsp3) is 0.533. The van der Waals surface area contributed by atoms with Crippen molar-refractivity contribution in [3.8, 4) is 5.75 Å². The summed E-state index contributed by atoms with van der Waals surface area (Å²) in [4.78, 5) is 12.1. The molecule has 1 unspecified atom stereocenters. The van der Waals surface area contributed by atoms with Crippen LogP contribution in [0.3, 0.4) is 0 Å². The number of carbonyl (C=O) groups is 1. The molecule has 1 amide bonds. The van der Waals surface area contributed by atoms with Crippen LogP contribution >= 0.6 is 11.6 Å². The molecule has 0 fully saturated rings. The summed E-state index contributed by atoms with van der Waals surface area (Å²) >= 11 is 5.78. The molecule has 0 aliphatic carbocycles. The Kier molecular flexibility index (Phi) is 6.16. The number of alkyl halides is 1. The Labute approximate surface area is 120 Å². The van der Waals surface area contributed by atoms with Gasteiger partial charge < -0.3 is 10.1 Å². The average molecular weight is 284 g/mol. The number of benzene rings is 1. The number of carbonyl (C=O) groups excluding carboxylic acids is 1. The van der Waals surface area contributed by atoms with Gasteiger partial charge in [-0.25, -0.2) is 0 Å². The molecule has 0 aromatic heterocycles. The van der Waals surface area contributed by atoms with Crippen molar-refractivity contribution in [2.75, 3.05) is 13.0 Å². The number of ether oxygens (including phenoxy) is 1. The van der Waals surface area contributed by atoms with E-state index in [0.29, 0.717) is 12.3 Å². The first-order valence-electron chi connectivity index (χ1n) is 6.53. The lowest BCUT2D eigenvalue weighted by Gasteiger charge is -2.29. The maximum atomic E-state index is 12.1. The van der Waals surface area contributed by atoms with E-state index in [0.717, 1.165) is 24.2 Å². The zero-order valence-corrected chi connectivity index (χ0v) is 12.6. The van der Waals surface area contributed by atoms with Crippen LogP contribution in [0, 0.1) is 0 Å². The van der Waals surface area contributed by atoms with Crippen LogP contribution in [-0.4, -0.2) is 24.4 Å². The van der Waals surface area contributed by atoms with E-state index in [2.05, 4.69) is 12.2 Å². The quantitative estimate of drug-likeness (QED) is 0.781. The number of nitrogens with one attached hydrogen (secondary N) is 1. The van der Waals surface area contributed by atoms with Gasteiger partial charge in [0, 0.05) is 11.4 Å². The van der Waals surface area contributed by atoms with Gasteiger partial charge in [-0.3, -0.25) is 4.79 Å². The number of hydrogen-bond acceptors (Lipinski definition) is 2. The lowest BCUT2D eigenvalue weighted by atomic mass is 9.95. The van der Waals surface area contributed by atoms with Gasteiger partial charge >= 0.3 is 0 Å². The van der Waals surface area contributed by atoms with Crippen LogP contribution in [0.5, 0.6) is 5.75 Å². The molecule has 0 radical (unpaired) electrons. The van der Waals surface area contributed by atoms with Crippen molar-refractivity contribution in [3.05, 3.63) is 29.8 Å². The molecule has 106 valence electrons. The van der Waals surface area contributed by atoms with Gasteiger partial charge in [0.05, 0.1) is 13.5 Å². The summed E-state index contributed by atoms with van der Waals surface area (Å²) in [6, 6.07) is 7.56. The Hall–Kier alpha value is -1.22. The average Bonchev–Trinajstić information content (AvgIpc) is 2.39. The third kappa shape index (κ3) is 5.11. The molecular formula is C15H22ClNO2. The largest absolute Gasteiger partial charge is 0.497 e. The first-order valence-corrected chi connectivity index (χ1v) is 7.06. The standard InChI is InChI=1S/C15H22ClNO2/c1-4-15(2,8-9-16)17-14(18)11-12-6-5-7-13(10-12)19-3/h5-7,10H,4,8-9,11H2,1-3H3,(H,17,18). The van der Waals surface area contributed by atoms with Gasteiger partial charge in [-0.2, -0.15) is 0 Å². The monoisotopic (exact) mass is 283 g/mol. The summed E-state index contributed by atoms with van der Waals surface area (Å²) in [5, 5.41) is 3.07. The van der Waals surface area contributed by atoms with Crippen molar-refractivity contribution in [2.24, 2.45) is 0 Å².